The molecule has 4 bridgehead atoms. The molecule has 4 saturated carbocycles. The summed E-state index contributed by atoms with van der Waals surface area (Å²) in [6, 6.07) is 4.00. The van der Waals surface area contributed by atoms with Gasteiger partial charge in [-0.25, -0.2) is 12.8 Å². The van der Waals surface area contributed by atoms with Gasteiger partial charge in [-0.2, -0.15) is 0 Å². The molecule has 0 radical (unpaired) electrons. The van der Waals surface area contributed by atoms with Gasteiger partial charge in [0.2, 0.25) is 0 Å². The van der Waals surface area contributed by atoms with Crippen LogP contribution in [0.2, 0.25) is 5.02 Å². The maximum Gasteiger partial charge on any atom is 0.263 e. The molecular weight excluding hydrogens is 417 g/mol. The number of carbonyl (C=O) groups excluding carboxylic acids is 1. The normalized spacial score (nSPS) is 33.6. The van der Waals surface area contributed by atoms with E-state index in [1.807, 2.05) is 0 Å². The fourth-order valence-electron chi connectivity index (χ4n) is 5.84. The van der Waals surface area contributed by atoms with Gasteiger partial charge in [-0.1, -0.05) is 11.6 Å². The van der Waals surface area contributed by atoms with E-state index in [2.05, 4.69) is 5.32 Å². The lowest BCUT2D eigenvalue weighted by Crippen LogP contribution is -2.65. The van der Waals surface area contributed by atoms with Crippen LogP contribution in [-0.2, 0) is 14.6 Å². The Balaban J connectivity index is 1.49. The van der Waals surface area contributed by atoms with Crippen LogP contribution in [-0.4, -0.2) is 37.0 Å². The maximum atomic E-state index is 14.1. The van der Waals surface area contributed by atoms with Gasteiger partial charge in [0.15, 0.2) is 27.0 Å². The van der Waals surface area contributed by atoms with Gasteiger partial charge >= 0.3 is 0 Å². The molecule has 8 heteroatoms. The van der Waals surface area contributed by atoms with Crippen molar-refractivity contribution in [3.63, 3.8) is 0 Å². The molecular formula is C21H27ClFNO4S. The van der Waals surface area contributed by atoms with E-state index in [0.717, 1.165) is 25.3 Å². The minimum atomic E-state index is -3.14. The number of nitrogens with one attached hydrogen (secondary N) is 1. The molecule has 0 saturated heterocycles. The number of sulfone groups is 1. The van der Waals surface area contributed by atoms with E-state index in [0.29, 0.717) is 18.8 Å². The summed E-state index contributed by atoms with van der Waals surface area (Å²) in [7, 11) is -3.14. The second kappa shape index (κ2) is 6.84. The number of rotatable bonds is 5. The van der Waals surface area contributed by atoms with Crippen molar-refractivity contribution in [3.8, 4) is 5.75 Å². The Labute approximate surface area is 176 Å². The Morgan fingerprint density at radius 2 is 1.86 bits per heavy atom. The standard InChI is InChI=1S/C21H27ClFNO4S/c1-20(2,28-17-5-4-15(22)8-16(17)23)19(25)24-18-13-6-12-7-14(18)11-21(9-12,10-13)29(3,26)27/h4-5,8,12-14,18H,6-7,9-11H2,1-3H3,(H,24,25). The minimum absolute atomic E-state index is 0.0318. The molecule has 29 heavy (non-hydrogen) atoms. The van der Waals surface area contributed by atoms with Gasteiger partial charge in [0.25, 0.3) is 5.91 Å². The Morgan fingerprint density at radius 1 is 1.24 bits per heavy atom. The maximum absolute atomic E-state index is 14.1. The van der Waals surface area contributed by atoms with Gasteiger partial charge in [-0.05, 0) is 81.9 Å². The van der Waals surface area contributed by atoms with Crippen LogP contribution < -0.4 is 10.1 Å². The second-order valence-corrected chi connectivity index (χ2v) is 12.5. The van der Waals surface area contributed by atoms with Crippen LogP contribution in [0.3, 0.4) is 0 Å². The zero-order chi connectivity index (χ0) is 21.2. The minimum Gasteiger partial charge on any atom is -0.475 e. The quantitative estimate of drug-likeness (QED) is 0.752. The number of amides is 1. The molecule has 4 fully saturated rings. The Bertz CT molecular complexity index is 932. The molecule has 0 spiro atoms. The predicted molar refractivity (Wildman–Crippen MR) is 109 cm³/mol. The van der Waals surface area contributed by atoms with E-state index < -0.39 is 26.0 Å². The number of halogens is 2. The molecule has 5 rings (SSSR count). The van der Waals surface area contributed by atoms with E-state index in [1.165, 1.54) is 18.4 Å². The molecule has 1 aromatic rings. The fourth-order valence-corrected chi connectivity index (χ4v) is 7.57. The first-order valence-corrected chi connectivity index (χ1v) is 12.3. The first kappa shape index (κ1) is 20.9. The number of carbonyl (C=O) groups is 1. The van der Waals surface area contributed by atoms with Crippen molar-refractivity contribution in [1.82, 2.24) is 5.32 Å². The third-order valence-electron chi connectivity index (χ3n) is 7.11. The summed E-state index contributed by atoms with van der Waals surface area (Å²) in [6.45, 7) is 3.20. The van der Waals surface area contributed by atoms with E-state index in [4.69, 9.17) is 16.3 Å². The highest BCUT2D eigenvalue weighted by Crippen LogP contribution is 2.58. The van der Waals surface area contributed by atoms with Crippen LogP contribution in [0.25, 0.3) is 0 Å². The van der Waals surface area contributed by atoms with Crippen molar-refractivity contribution >= 4 is 27.3 Å². The molecule has 2 unspecified atom stereocenters. The zero-order valence-electron chi connectivity index (χ0n) is 16.9. The first-order chi connectivity index (χ1) is 13.4. The van der Waals surface area contributed by atoms with E-state index in [9.17, 15) is 17.6 Å². The lowest BCUT2D eigenvalue weighted by Gasteiger charge is -2.59. The Morgan fingerprint density at radius 3 is 2.41 bits per heavy atom. The lowest BCUT2D eigenvalue weighted by atomic mass is 9.53. The SMILES string of the molecule is CC(C)(Oc1ccc(Cl)cc1F)C(=O)NC1C2CC3CC1CC(S(C)(=O)=O)(C3)C2. The largest absolute Gasteiger partial charge is 0.475 e. The van der Waals surface area contributed by atoms with Gasteiger partial charge in [-0.15, -0.1) is 0 Å². The molecule has 4 aliphatic rings. The molecule has 4 aliphatic carbocycles. The first-order valence-electron chi connectivity index (χ1n) is 10.0. The predicted octanol–water partition coefficient (Wildman–Crippen LogP) is 3.74. The Kier molecular flexibility index (Phi) is 4.93. The van der Waals surface area contributed by atoms with E-state index >= 15 is 0 Å². The molecule has 0 aromatic heterocycles. The third-order valence-corrected chi connectivity index (χ3v) is 9.42. The molecule has 0 heterocycles. The zero-order valence-corrected chi connectivity index (χ0v) is 18.4. The lowest BCUT2D eigenvalue weighted by molar-refractivity contribution is -0.138. The number of ether oxygens (including phenoxy) is 1. The van der Waals surface area contributed by atoms with Crippen molar-refractivity contribution in [2.75, 3.05) is 6.26 Å². The van der Waals surface area contributed by atoms with Crippen molar-refractivity contribution in [1.29, 1.82) is 0 Å². The molecule has 1 amide bonds. The van der Waals surface area contributed by atoms with Gasteiger partial charge in [0.05, 0.1) is 4.75 Å². The monoisotopic (exact) mass is 443 g/mol. The Hall–Kier alpha value is -1.34. The number of benzene rings is 1. The highest BCUT2D eigenvalue weighted by atomic mass is 35.5. The molecule has 1 N–H and O–H groups in total. The smallest absolute Gasteiger partial charge is 0.263 e. The van der Waals surface area contributed by atoms with Crippen molar-refractivity contribution in [2.24, 2.45) is 17.8 Å². The van der Waals surface area contributed by atoms with Crippen LogP contribution in [0.15, 0.2) is 18.2 Å². The van der Waals surface area contributed by atoms with Gasteiger partial charge in [-0.3, -0.25) is 4.79 Å². The molecule has 0 aliphatic heterocycles. The molecule has 1 aromatic carbocycles. The van der Waals surface area contributed by atoms with Gasteiger partial charge in [0.1, 0.15) is 0 Å². The van der Waals surface area contributed by atoms with Crippen LogP contribution >= 0.6 is 11.6 Å². The van der Waals surface area contributed by atoms with Crippen LogP contribution in [0.5, 0.6) is 5.75 Å². The fraction of sp³-hybridized carbons (Fsp3) is 0.667. The van der Waals surface area contributed by atoms with Crippen LogP contribution in [0, 0.1) is 23.6 Å². The summed E-state index contributed by atoms with van der Waals surface area (Å²) in [6.07, 6.45) is 5.22. The molecule has 5 nitrogen and oxygen atoms in total. The summed E-state index contributed by atoms with van der Waals surface area (Å²) >= 11 is 5.77. The van der Waals surface area contributed by atoms with Crippen molar-refractivity contribution in [3.05, 3.63) is 29.0 Å². The highest BCUT2D eigenvalue weighted by molar-refractivity contribution is 7.92. The number of hydrogen-bond acceptors (Lipinski definition) is 4. The van der Waals surface area contributed by atoms with E-state index in [1.54, 1.807) is 13.8 Å². The average molecular weight is 444 g/mol. The summed E-state index contributed by atoms with van der Waals surface area (Å²) in [4.78, 5) is 13.0. The summed E-state index contributed by atoms with van der Waals surface area (Å²) < 4.78 is 44.1. The molecule has 160 valence electrons. The van der Waals surface area contributed by atoms with Crippen LogP contribution in [0.4, 0.5) is 4.39 Å². The van der Waals surface area contributed by atoms with E-state index in [-0.39, 0.29) is 34.6 Å². The van der Waals surface area contributed by atoms with Crippen LogP contribution in [0.1, 0.15) is 46.0 Å². The van der Waals surface area contributed by atoms with Crippen molar-refractivity contribution < 1.29 is 22.3 Å². The summed E-state index contributed by atoms with van der Waals surface area (Å²) in [5.74, 6) is -0.245. The second-order valence-electron chi connectivity index (χ2n) is 9.61. The topological polar surface area (TPSA) is 72.5 Å². The summed E-state index contributed by atoms with van der Waals surface area (Å²) in [5, 5.41) is 3.37. The van der Waals surface area contributed by atoms with Crippen molar-refractivity contribution in [2.45, 2.75) is 62.3 Å². The van der Waals surface area contributed by atoms with Gasteiger partial charge in [0, 0.05) is 17.3 Å². The number of hydrogen-bond donors (Lipinski definition) is 1. The van der Waals surface area contributed by atoms with Gasteiger partial charge < -0.3 is 10.1 Å². The summed E-state index contributed by atoms with van der Waals surface area (Å²) in [5.41, 5.74) is -1.28. The third kappa shape index (κ3) is 3.65. The highest BCUT2D eigenvalue weighted by Gasteiger charge is 2.60. The molecule has 2 atom stereocenters. The average Bonchev–Trinajstić information content (AvgIpc) is 2.59.